The van der Waals surface area contributed by atoms with Gasteiger partial charge >= 0.3 is 6.09 Å². The lowest BCUT2D eigenvalue weighted by Gasteiger charge is -2.35. The van der Waals surface area contributed by atoms with E-state index in [0.29, 0.717) is 31.7 Å². The average molecular weight is 467 g/mol. The van der Waals surface area contributed by atoms with Gasteiger partial charge in [-0.2, -0.15) is 0 Å². The van der Waals surface area contributed by atoms with Crippen molar-refractivity contribution in [3.05, 3.63) is 59.8 Å². The smallest absolute Gasteiger partial charge is 0.408 e. The second kappa shape index (κ2) is 12.2. The van der Waals surface area contributed by atoms with Gasteiger partial charge in [0.15, 0.2) is 0 Å². The number of nitrogens with zero attached hydrogens (tertiary/aromatic N) is 2. The number of carbonyl (C=O) groups excluding carboxylic acids is 3. The first-order valence-electron chi connectivity index (χ1n) is 11.9. The van der Waals surface area contributed by atoms with Crippen molar-refractivity contribution in [2.24, 2.45) is 11.8 Å². The molecule has 1 saturated heterocycles. The quantitative estimate of drug-likeness (QED) is 0.614. The number of alkyl carbamates (subject to hydrolysis) is 1. The van der Waals surface area contributed by atoms with Gasteiger partial charge in [-0.25, -0.2) is 9.78 Å². The van der Waals surface area contributed by atoms with Crippen molar-refractivity contribution in [1.29, 1.82) is 0 Å². The second-order valence-electron chi connectivity index (χ2n) is 8.85. The van der Waals surface area contributed by atoms with E-state index in [2.05, 4.69) is 15.6 Å². The summed E-state index contributed by atoms with van der Waals surface area (Å²) in [6.07, 6.45) is 3.14. The second-order valence-corrected chi connectivity index (χ2v) is 8.85. The summed E-state index contributed by atoms with van der Waals surface area (Å²) in [4.78, 5) is 44.6. The molecule has 182 valence electrons. The molecule has 1 unspecified atom stereocenters. The van der Waals surface area contributed by atoms with Crippen LogP contribution in [0.25, 0.3) is 0 Å². The van der Waals surface area contributed by atoms with E-state index in [1.165, 1.54) is 0 Å². The third-order valence-corrected chi connectivity index (χ3v) is 6.32. The Kier molecular flexibility index (Phi) is 9.01. The van der Waals surface area contributed by atoms with E-state index in [1.54, 1.807) is 11.1 Å². The molecule has 3 amide bonds. The Morgan fingerprint density at radius 1 is 1.18 bits per heavy atom. The van der Waals surface area contributed by atoms with Crippen LogP contribution >= 0.6 is 0 Å². The van der Waals surface area contributed by atoms with Crippen LogP contribution in [-0.4, -0.2) is 46.9 Å². The number of ether oxygens (including phenoxy) is 1. The van der Waals surface area contributed by atoms with Crippen LogP contribution in [0.15, 0.2) is 48.7 Å². The van der Waals surface area contributed by atoms with Gasteiger partial charge < -0.3 is 20.3 Å². The molecule has 0 aliphatic carbocycles. The molecule has 8 nitrogen and oxygen atoms in total. The van der Waals surface area contributed by atoms with Crippen molar-refractivity contribution in [2.45, 2.75) is 52.7 Å². The van der Waals surface area contributed by atoms with Crippen LogP contribution in [0.3, 0.4) is 0 Å². The van der Waals surface area contributed by atoms with Crippen LogP contribution in [-0.2, 0) is 20.9 Å². The van der Waals surface area contributed by atoms with Crippen LogP contribution in [0.2, 0.25) is 0 Å². The van der Waals surface area contributed by atoms with Gasteiger partial charge in [0.1, 0.15) is 18.5 Å². The fourth-order valence-electron chi connectivity index (χ4n) is 4.00. The average Bonchev–Trinajstić information content (AvgIpc) is 2.87. The topological polar surface area (TPSA) is 101 Å². The highest BCUT2D eigenvalue weighted by Crippen LogP contribution is 2.22. The molecule has 1 aromatic carbocycles. The van der Waals surface area contributed by atoms with Gasteiger partial charge in [-0.05, 0) is 42.9 Å². The molecule has 2 heterocycles. The normalized spacial score (nSPS) is 17.4. The van der Waals surface area contributed by atoms with Crippen molar-refractivity contribution >= 4 is 23.7 Å². The molecule has 0 spiro atoms. The Balaban J connectivity index is 1.60. The summed E-state index contributed by atoms with van der Waals surface area (Å²) in [5, 5.41) is 5.65. The Hall–Kier alpha value is -3.42. The van der Waals surface area contributed by atoms with Gasteiger partial charge in [0.2, 0.25) is 11.8 Å². The molecule has 3 atom stereocenters. The van der Waals surface area contributed by atoms with Crippen molar-refractivity contribution in [1.82, 2.24) is 15.2 Å². The number of piperidine rings is 1. The Labute approximate surface area is 201 Å². The van der Waals surface area contributed by atoms with Crippen molar-refractivity contribution in [3.8, 4) is 0 Å². The van der Waals surface area contributed by atoms with Crippen LogP contribution in [0.4, 0.5) is 10.6 Å². The highest BCUT2D eigenvalue weighted by molar-refractivity contribution is 5.93. The van der Waals surface area contributed by atoms with E-state index in [1.807, 2.05) is 63.2 Å². The standard InChI is InChI=1S/C26H34N4O4/c1-4-18(2)22(28-26(33)34-17-20-11-6-5-7-12-20)25(32)30-15-9-13-21(16-30)24(31)29-23-19(3)10-8-14-27-23/h5-8,10-12,14,18,21-22H,4,9,13,15-17H2,1-3H3,(H,28,33)(H,27,29,31)/t18-,21?,22-/m0/s1. The molecular weight excluding hydrogens is 432 g/mol. The largest absolute Gasteiger partial charge is 0.445 e. The number of aryl methyl sites for hydroxylation is 1. The first-order valence-corrected chi connectivity index (χ1v) is 11.9. The minimum absolute atomic E-state index is 0.0813. The van der Waals surface area contributed by atoms with E-state index < -0.39 is 12.1 Å². The van der Waals surface area contributed by atoms with Gasteiger partial charge in [-0.3, -0.25) is 9.59 Å². The molecule has 0 bridgehead atoms. The van der Waals surface area contributed by atoms with Crippen LogP contribution < -0.4 is 10.6 Å². The van der Waals surface area contributed by atoms with Crippen LogP contribution in [0.1, 0.15) is 44.2 Å². The number of aromatic nitrogens is 1. The molecule has 1 aliphatic rings. The number of carbonyl (C=O) groups is 3. The summed E-state index contributed by atoms with van der Waals surface area (Å²) in [6.45, 7) is 6.79. The van der Waals surface area contributed by atoms with Gasteiger partial charge in [-0.15, -0.1) is 0 Å². The fraction of sp³-hybridized carbons (Fsp3) is 0.462. The molecular formula is C26H34N4O4. The first kappa shape index (κ1) is 25.2. The Morgan fingerprint density at radius 3 is 2.65 bits per heavy atom. The third kappa shape index (κ3) is 6.79. The third-order valence-electron chi connectivity index (χ3n) is 6.32. The van der Waals surface area contributed by atoms with E-state index in [0.717, 1.165) is 17.5 Å². The van der Waals surface area contributed by atoms with E-state index in [-0.39, 0.29) is 30.3 Å². The summed E-state index contributed by atoms with van der Waals surface area (Å²) in [5.74, 6) is -0.202. The summed E-state index contributed by atoms with van der Waals surface area (Å²) in [5.41, 5.74) is 1.76. The maximum absolute atomic E-state index is 13.4. The number of rotatable bonds is 8. The molecule has 1 aromatic heterocycles. The number of benzene rings is 1. The predicted octanol–water partition coefficient (Wildman–Crippen LogP) is 3.91. The first-order chi connectivity index (χ1) is 16.4. The van der Waals surface area contributed by atoms with Crippen LogP contribution in [0.5, 0.6) is 0 Å². The maximum Gasteiger partial charge on any atom is 0.408 e. The molecule has 2 aromatic rings. The van der Waals surface area contributed by atoms with Gasteiger partial charge in [0.25, 0.3) is 0 Å². The van der Waals surface area contributed by atoms with E-state index in [9.17, 15) is 14.4 Å². The molecule has 3 rings (SSSR count). The van der Waals surface area contributed by atoms with Gasteiger partial charge in [-0.1, -0.05) is 56.7 Å². The number of amides is 3. The molecule has 1 aliphatic heterocycles. The number of nitrogens with one attached hydrogen (secondary N) is 2. The molecule has 34 heavy (non-hydrogen) atoms. The summed E-state index contributed by atoms with van der Waals surface area (Å²) < 4.78 is 5.34. The minimum atomic E-state index is -0.715. The summed E-state index contributed by atoms with van der Waals surface area (Å²) >= 11 is 0. The molecule has 0 radical (unpaired) electrons. The maximum atomic E-state index is 13.4. The summed E-state index contributed by atoms with van der Waals surface area (Å²) in [6, 6.07) is 12.4. The lowest BCUT2D eigenvalue weighted by molar-refractivity contribution is -0.137. The van der Waals surface area contributed by atoms with Crippen LogP contribution in [0, 0.1) is 18.8 Å². The number of anilines is 1. The SMILES string of the molecule is CC[C@H](C)[C@H](NC(=O)OCc1ccccc1)C(=O)N1CCCC(C(=O)Nc2ncccc2C)C1. The lowest BCUT2D eigenvalue weighted by Crippen LogP contribution is -2.54. The van der Waals surface area contributed by atoms with E-state index >= 15 is 0 Å². The Morgan fingerprint density at radius 2 is 1.94 bits per heavy atom. The minimum Gasteiger partial charge on any atom is -0.445 e. The fourth-order valence-corrected chi connectivity index (χ4v) is 4.00. The van der Waals surface area contributed by atoms with Gasteiger partial charge in [0.05, 0.1) is 5.92 Å². The summed E-state index contributed by atoms with van der Waals surface area (Å²) in [7, 11) is 0. The number of pyridine rings is 1. The number of hydrogen-bond acceptors (Lipinski definition) is 5. The number of hydrogen-bond donors (Lipinski definition) is 2. The zero-order valence-electron chi connectivity index (χ0n) is 20.1. The molecule has 0 saturated carbocycles. The zero-order chi connectivity index (χ0) is 24.5. The van der Waals surface area contributed by atoms with Crippen molar-refractivity contribution in [3.63, 3.8) is 0 Å². The molecule has 1 fully saturated rings. The highest BCUT2D eigenvalue weighted by atomic mass is 16.5. The van der Waals surface area contributed by atoms with Crippen molar-refractivity contribution in [2.75, 3.05) is 18.4 Å². The zero-order valence-corrected chi connectivity index (χ0v) is 20.1. The van der Waals surface area contributed by atoms with Gasteiger partial charge in [0, 0.05) is 19.3 Å². The highest BCUT2D eigenvalue weighted by Gasteiger charge is 2.35. The molecule has 2 N–H and O–H groups in total. The predicted molar refractivity (Wildman–Crippen MR) is 130 cm³/mol. The van der Waals surface area contributed by atoms with E-state index in [4.69, 9.17) is 4.74 Å². The molecule has 8 heteroatoms. The number of likely N-dealkylation sites (tertiary alicyclic amines) is 1. The lowest BCUT2D eigenvalue weighted by atomic mass is 9.93. The van der Waals surface area contributed by atoms with Crippen molar-refractivity contribution < 1.29 is 19.1 Å². The Bertz CT molecular complexity index is 982. The monoisotopic (exact) mass is 466 g/mol.